The zero-order valence-corrected chi connectivity index (χ0v) is 9.95. The lowest BCUT2D eigenvalue weighted by molar-refractivity contribution is 0.389. The molecule has 3 heteroatoms. The summed E-state index contributed by atoms with van der Waals surface area (Å²) in [4.78, 5) is 4.73. The Hall–Kier alpha value is -0.830. The molecule has 1 aliphatic rings. The highest BCUT2D eigenvalue weighted by atomic mass is 15.1. The van der Waals surface area contributed by atoms with E-state index in [1.165, 1.54) is 17.9 Å². The van der Waals surface area contributed by atoms with Crippen LogP contribution < -0.4 is 5.73 Å². The van der Waals surface area contributed by atoms with Crippen molar-refractivity contribution in [2.24, 2.45) is 11.7 Å². The molecular formula is C12H21N3. The van der Waals surface area contributed by atoms with E-state index in [1.807, 2.05) is 0 Å². The van der Waals surface area contributed by atoms with E-state index in [1.54, 1.807) is 0 Å². The van der Waals surface area contributed by atoms with Crippen LogP contribution in [0.25, 0.3) is 0 Å². The standard InChI is InChI=1S/C12H21N3/c1-12(2,3)10-8-15-5-4-9(7-13)6-11(15)14-10/h8-9H,4-7,13H2,1-3H3. The molecule has 1 atom stereocenters. The first kappa shape index (κ1) is 10.7. The Morgan fingerprint density at radius 2 is 2.27 bits per heavy atom. The molecule has 1 aromatic heterocycles. The first-order chi connectivity index (χ1) is 7.00. The van der Waals surface area contributed by atoms with Crippen molar-refractivity contribution in [2.45, 2.75) is 45.6 Å². The number of hydrogen-bond acceptors (Lipinski definition) is 2. The minimum absolute atomic E-state index is 0.155. The van der Waals surface area contributed by atoms with Crippen LogP contribution in [-0.2, 0) is 18.4 Å². The smallest absolute Gasteiger partial charge is 0.109 e. The van der Waals surface area contributed by atoms with Crippen LogP contribution in [0.5, 0.6) is 0 Å². The number of fused-ring (bicyclic) bond motifs is 1. The SMILES string of the molecule is CC(C)(C)c1cn2c(n1)CC(CN)CC2. The maximum Gasteiger partial charge on any atom is 0.109 e. The first-order valence-electron chi connectivity index (χ1n) is 5.77. The molecule has 0 fully saturated rings. The summed E-state index contributed by atoms with van der Waals surface area (Å²) in [5, 5.41) is 0. The van der Waals surface area contributed by atoms with Gasteiger partial charge in [0, 0.05) is 24.6 Å². The second-order valence-electron chi connectivity index (χ2n) is 5.58. The number of nitrogens with zero attached hydrogens (tertiary/aromatic N) is 2. The van der Waals surface area contributed by atoms with Gasteiger partial charge in [0.1, 0.15) is 5.82 Å². The van der Waals surface area contributed by atoms with Crippen LogP contribution in [-0.4, -0.2) is 16.1 Å². The molecule has 0 aliphatic carbocycles. The average molecular weight is 207 g/mol. The average Bonchev–Trinajstić information content (AvgIpc) is 2.59. The van der Waals surface area contributed by atoms with Gasteiger partial charge in [0.05, 0.1) is 5.69 Å². The zero-order chi connectivity index (χ0) is 11.1. The molecule has 1 aliphatic heterocycles. The lowest BCUT2D eigenvalue weighted by Gasteiger charge is -2.21. The first-order valence-corrected chi connectivity index (χ1v) is 5.77. The van der Waals surface area contributed by atoms with Gasteiger partial charge < -0.3 is 10.3 Å². The third-order valence-electron chi connectivity index (χ3n) is 3.21. The molecule has 1 aromatic rings. The third-order valence-corrected chi connectivity index (χ3v) is 3.21. The highest BCUT2D eigenvalue weighted by Crippen LogP contribution is 2.25. The Morgan fingerprint density at radius 3 is 2.87 bits per heavy atom. The largest absolute Gasteiger partial charge is 0.335 e. The summed E-state index contributed by atoms with van der Waals surface area (Å²) in [7, 11) is 0. The third kappa shape index (κ3) is 2.07. The van der Waals surface area contributed by atoms with Gasteiger partial charge in [-0.25, -0.2) is 4.98 Å². The molecule has 15 heavy (non-hydrogen) atoms. The zero-order valence-electron chi connectivity index (χ0n) is 9.95. The number of imidazole rings is 1. The summed E-state index contributed by atoms with van der Waals surface area (Å²) in [6.07, 6.45) is 4.46. The van der Waals surface area contributed by atoms with Gasteiger partial charge in [0.2, 0.25) is 0 Å². The number of nitrogens with two attached hydrogens (primary N) is 1. The monoisotopic (exact) mass is 207 g/mol. The van der Waals surface area contributed by atoms with Crippen molar-refractivity contribution in [3.8, 4) is 0 Å². The molecule has 0 saturated carbocycles. The maximum absolute atomic E-state index is 5.72. The minimum Gasteiger partial charge on any atom is -0.335 e. The molecule has 0 amide bonds. The van der Waals surface area contributed by atoms with Crippen LogP contribution in [0.15, 0.2) is 6.20 Å². The van der Waals surface area contributed by atoms with E-state index in [-0.39, 0.29) is 5.41 Å². The Morgan fingerprint density at radius 1 is 1.53 bits per heavy atom. The van der Waals surface area contributed by atoms with Crippen LogP contribution >= 0.6 is 0 Å². The summed E-state index contributed by atoms with van der Waals surface area (Å²) in [5.74, 6) is 1.86. The fourth-order valence-corrected chi connectivity index (χ4v) is 2.06. The summed E-state index contributed by atoms with van der Waals surface area (Å²) in [6, 6.07) is 0. The summed E-state index contributed by atoms with van der Waals surface area (Å²) >= 11 is 0. The van der Waals surface area contributed by atoms with Crippen LogP contribution in [0, 0.1) is 5.92 Å². The molecule has 0 bridgehead atoms. The van der Waals surface area contributed by atoms with Crippen molar-refractivity contribution in [3.63, 3.8) is 0 Å². The second-order valence-corrected chi connectivity index (χ2v) is 5.58. The topological polar surface area (TPSA) is 43.8 Å². The van der Waals surface area contributed by atoms with Crippen molar-refractivity contribution in [2.75, 3.05) is 6.54 Å². The van der Waals surface area contributed by atoms with Crippen LogP contribution in [0.1, 0.15) is 38.7 Å². The predicted octanol–water partition coefficient (Wildman–Crippen LogP) is 1.70. The normalized spacial score (nSPS) is 21.5. The quantitative estimate of drug-likeness (QED) is 0.761. The van der Waals surface area contributed by atoms with Gasteiger partial charge in [-0.2, -0.15) is 0 Å². The Bertz CT molecular complexity index is 346. The van der Waals surface area contributed by atoms with Crippen LogP contribution in [0.2, 0.25) is 0 Å². The Balaban J connectivity index is 2.26. The molecule has 1 unspecified atom stereocenters. The van der Waals surface area contributed by atoms with Gasteiger partial charge >= 0.3 is 0 Å². The molecule has 84 valence electrons. The Labute approximate surface area is 91.7 Å². The number of aromatic nitrogens is 2. The molecule has 2 rings (SSSR count). The molecule has 0 spiro atoms. The van der Waals surface area contributed by atoms with E-state index in [0.717, 1.165) is 19.5 Å². The van der Waals surface area contributed by atoms with E-state index in [4.69, 9.17) is 10.7 Å². The number of rotatable bonds is 1. The molecule has 2 N–H and O–H groups in total. The molecule has 2 heterocycles. The summed E-state index contributed by atoms with van der Waals surface area (Å²) < 4.78 is 2.30. The highest BCUT2D eigenvalue weighted by molar-refractivity contribution is 5.14. The fourth-order valence-electron chi connectivity index (χ4n) is 2.06. The predicted molar refractivity (Wildman–Crippen MR) is 61.8 cm³/mol. The van der Waals surface area contributed by atoms with Gasteiger partial charge in [-0.15, -0.1) is 0 Å². The van der Waals surface area contributed by atoms with Gasteiger partial charge in [0.15, 0.2) is 0 Å². The van der Waals surface area contributed by atoms with Crippen molar-refractivity contribution in [3.05, 3.63) is 17.7 Å². The summed E-state index contributed by atoms with van der Waals surface area (Å²) in [6.45, 7) is 8.50. The van der Waals surface area contributed by atoms with E-state index in [9.17, 15) is 0 Å². The minimum atomic E-state index is 0.155. The van der Waals surface area contributed by atoms with Gasteiger partial charge in [0.25, 0.3) is 0 Å². The van der Waals surface area contributed by atoms with Crippen molar-refractivity contribution in [1.29, 1.82) is 0 Å². The Kier molecular flexibility index (Phi) is 2.59. The molecule has 0 saturated heterocycles. The molecule has 3 nitrogen and oxygen atoms in total. The van der Waals surface area contributed by atoms with Crippen LogP contribution in [0.4, 0.5) is 0 Å². The molecule has 0 aromatic carbocycles. The second kappa shape index (κ2) is 3.63. The highest BCUT2D eigenvalue weighted by Gasteiger charge is 2.23. The number of hydrogen-bond donors (Lipinski definition) is 1. The lowest BCUT2D eigenvalue weighted by atomic mass is 9.93. The lowest BCUT2D eigenvalue weighted by Crippen LogP contribution is -2.25. The van der Waals surface area contributed by atoms with E-state index in [0.29, 0.717) is 5.92 Å². The van der Waals surface area contributed by atoms with Crippen molar-refractivity contribution < 1.29 is 0 Å². The van der Waals surface area contributed by atoms with Crippen molar-refractivity contribution >= 4 is 0 Å². The van der Waals surface area contributed by atoms with Gasteiger partial charge in [-0.05, 0) is 18.9 Å². The van der Waals surface area contributed by atoms with E-state index in [2.05, 4.69) is 31.5 Å². The van der Waals surface area contributed by atoms with E-state index < -0.39 is 0 Å². The van der Waals surface area contributed by atoms with Crippen LogP contribution in [0.3, 0.4) is 0 Å². The van der Waals surface area contributed by atoms with Crippen molar-refractivity contribution in [1.82, 2.24) is 9.55 Å². The summed E-state index contributed by atoms with van der Waals surface area (Å²) in [5.41, 5.74) is 7.08. The van der Waals surface area contributed by atoms with Gasteiger partial charge in [-0.1, -0.05) is 20.8 Å². The molecular weight excluding hydrogens is 186 g/mol. The molecule has 0 radical (unpaired) electrons. The van der Waals surface area contributed by atoms with E-state index >= 15 is 0 Å². The van der Waals surface area contributed by atoms with Gasteiger partial charge in [-0.3, -0.25) is 0 Å². The number of aryl methyl sites for hydroxylation is 1. The fraction of sp³-hybridized carbons (Fsp3) is 0.750. The maximum atomic E-state index is 5.72.